The molecule has 2 aromatic rings. The van der Waals surface area contributed by atoms with Gasteiger partial charge in [0, 0.05) is 16.3 Å². The molecule has 0 radical (unpaired) electrons. The van der Waals surface area contributed by atoms with Gasteiger partial charge in [-0.05, 0) is 48.4 Å². The second-order valence-electron chi connectivity index (χ2n) is 4.42. The fourth-order valence-corrected chi connectivity index (χ4v) is 2.79. The molecular formula is C15H14FNO2S. The van der Waals surface area contributed by atoms with Crippen LogP contribution in [0.4, 0.5) is 10.1 Å². The van der Waals surface area contributed by atoms with Crippen molar-refractivity contribution in [1.29, 1.82) is 0 Å². The Labute approximate surface area is 120 Å². The van der Waals surface area contributed by atoms with E-state index in [2.05, 4.69) is 0 Å². The van der Waals surface area contributed by atoms with E-state index in [1.165, 1.54) is 30.0 Å². The van der Waals surface area contributed by atoms with Gasteiger partial charge in [-0.3, -0.25) is 0 Å². The fourth-order valence-electron chi connectivity index (χ4n) is 1.75. The van der Waals surface area contributed by atoms with Gasteiger partial charge >= 0.3 is 5.97 Å². The van der Waals surface area contributed by atoms with E-state index < -0.39 is 11.8 Å². The SMILES string of the molecule is Cc1ccc(N)cc1SCc1cc(C(=O)O)ccc1F. The van der Waals surface area contributed by atoms with Crippen molar-refractivity contribution in [3.63, 3.8) is 0 Å². The van der Waals surface area contributed by atoms with Crippen LogP contribution in [0.3, 0.4) is 0 Å². The van der Waals surface area contributed by atoms with Crippen LogP contribution in [0, 0.1) is 12.7 Å². The van der Waals surface area contributed by atoms with E-state index in [0.717, 1.165) is 10.5 Å². The molecule has 104 valence electrons. The molecule has 0 aromatic heterocycles. The highest BCUT2D eigenvalue weighted by molar-refractivity contribution is 7.98. The van der Waals surface area contributed by atoms with Gasteiger partial charge in [-0.15, -0.1) is 11.8 Å². The third-order valence-corrected chi connectivity index (χ3v) is 4.09. The standard InChI is InChI=1S/C15H14FNO2S/c1-9-2-4-12(17)7-14(9)20-8-11-6-10(15(18)19)3-5-13(11)16/h2-7H,8,17H2,1H3,(H,18,19). The summed E-state index contributed by atoms with van der Waals surface area (Å²) in [7, 11) is 0. The molecule has 0 heterocycles. The lowest BCUT2D eigenvalue weighted by atomic mass is 10.1. The average Bonchev–Trinajstić information content (AvgIpc) is 2.41. The number of rotatable bonds is 4. The number of benzene rings is 2. The van der Waals surface area contributed by atoms with Crippen molar-refractivity contribution in [2.75, 3.05) is 5.73 Å². The molecule has 3 nitrogen and oxygen atoms in total. The van der Waals surface area contributed by atoms with E-state index in [1.807, 2.05) is 25.1 Å². The molecular weight excluding hydrogens is 277 g/mol. The molecule has 2 rings (SSSR count). The Morgan fingerprint density at radius 2 is 2.05 bits per heavy atom. The van der Waals surface area contributed by atoms with Crippen LogP contribution in [-0.2, 0) is 5.75 Å². The lowest BCUT2D eigenvalue weighted by Gasteiger charge is -2.08. The number of aryl methyl sites for hydroxylation is 1. The number of hydrogen-bond donors (Lipinski definition) is 2. The Hall–Kier alpha value is -2.01. The van der Waals surface area contributed by atoms with Crippen LogP contribution in [0.1, 0.15) is 21.5 Å². The normalized spacial score (nSPS) is 10.5. The summed E-state index contributed by atoms with van der Waals surface area (Å²) in [6.07, 6.45) is 0. The summed E-state index contributed by atoms with van der Waals surface area (Å²) in [5.41, 5.74) is 7.89. The molecule has 0 fully saturated rings. The molecule has 0 aliphatic rings. The fraction of sp³-hybridized carbons (Fsp3) is 0.133. The largest absolute Gasteiger partial charge is 0.478 e. The highest BCUT2D eigenvalue weighted by Gasteiger charge is 2.09. The highest BCUT2D eigenvalue weighted by atomic mass is 32.2. The van der Waals surface area contributed by atoms with Crippen molar-refractivity contribution in [3.05, 3.63) is 58.9 Å². The minimum Gasteiger partial charge on any atom is -0.478 e. The first-order valence-corrected chi connectivity index (χ1v) is 6.96. The number of aromatic carboxylic acids is 1. The molecule has 0 unspecified atom stereocenters. The number of anilines is 1. The molecule has 20 heavy (non-hydrogen) atoms. The van der Waals surface area contributed by atoms with Crippen molar-refractivity contribution < 1.29 is 14.3 Å². The van der Waals surface area contributed by atoms with E-state index in [4.69, 9.17) is 10.8 Å². The number of carboxylic acids is 1. The van der Waals surface area contributed by atoms with Crippen LogP contribution in [0.25, 0.3) is 0 Å². The van der Waals surface area contributed by atoms with Gasteiger partial charge in [-0.25, -0.2) is 9.18 Å². The second kappa shape index (κ2) is 5.96. The monoisotopic (exact) mass is 291 g/mol. The topological polar surface area (TPSA) is 63.3 Å². The molecule has 0 saturated carbocycles. The third kappa shape index (κ3) is 3.30. The number of hydrogen-bond acceptors (Lipinski definition) is 3. The first-order chi connectivity index (χ1) is 9.47. The van der Waals surface area contributed by atoms with Crippen molar-refractivity contribution in [2.24, 2.45) is 0 Å². The van der Waals surface area contributed by atoms with Gasteiger partial charge in [0.25, 0.3) is 0 Å². The van der Waals surface area contributed by atoms with Gasteiger partial charge in [0.15, 0.2) is 0 Å². The van der Waals surface area contributed by atoms with E-state index in [1.54, 1.807) is 0 Å². The predicted molar refractivity (Wildman–Crippen MR) is 78.5 cm³/mol. The Morgan fingerprint density at radius 1 is 1.30 bits per heavy atom. The lowest BCUT2D eigenvalue weighted by Crippen LogP contribution is -1.99. The highest BCUT2D eigenvalue weighted by Crippen LogP contribution is 2.28. The summed E-state index contributed by atoms with van der Waals surface area (Å²) in [5, 5.41) is 8.92. The molecule has 0 aliphatic heterocycles. The van der Waals surface area contributed by atoms with E-state index >= 15 is 0 Å². The van der Waals surface area contributed by atoms with E-state index in [9.17, 15) is 9.18 Å². The lowest BCUT2D eigenvalue weighted by molar-refractivity contribution is 0.0696. The average molecular weight is 291 g/mol. The maximum atomic E-state index is 13.7. The molecule has 0 amide bonds. The van der Waals surface area contributed by atoms with Gasteiger partial charge in [0.1, 0.15) is 5.82 Å². The Balaban J connectivity index is 2.20. The zero-order valence-electron chi connectivity index (χ0n) is 10.9. The zero-order chi connectivity index (χ0) is 14.7. The number of carboxylic acid groups (broad SMARTS) is 1. The summed E-state index contributed by atoms with van der Waals surface area (Å²) < 4.78 is 13.7. The summed E-state index contributed by atoms with van der Waals surface area (Å²) >= 11 is 1.44. The van der Waals surface area contributed by atoms with Crippen LogP contribution in [-0.4, -0.2) is 11.1 Å². The van der Waals surface area contributed by atoms with Gasteiger partial charge in [0.05, 0.1) is 5.56 Å². The Kier molecular flexibility index (Phi) is 4.29. The maximum absolute atomic E-state index is 13.7. The molecule has 0 saturated heterocycles. The number of halogens is 1. The van der Waals surface area contributed by atoms with E-state index in [-0.39, 0.29) is 5.56 Å². The number of thioether (sulfide) groups is 1. The second-order valence-corrected chi connectivity index (χ2v) is 5.44. The molecule has 0 aliphatic carbocycles. The first kappa shape index (κ1) is 14.4. The zero-order valence-corrected chi connectivity index (χ0v) is 11.7. The minimum absolute atomic E-state index is 0.0892. The molecule has 3 N–H and O–H groups in total. The Bertz CT molecular complexity index is 658. The summed E-state index contributed by atoms with van der Waals surface area (Å²) in [6.45, 7) is 1.95. The summed E-state index contributed by atoms with van der Waals surface area (Å²) in [5.74, 6) is -1.10. The van der Waals surface area contributed by atoms with Crippen molar-refractivity contribution in [3.8, 4) is 0 Å². The third-order valence-electron chi connectivity index (χ3n) is 2.89. The van der Waals surface area contributed by atoms with Gasteiger partial charge in [0.2, 0.25) is 0 Å². The van der Waals surface area contributed by atoms with E-state index in [0.29, 0.717) is 17.0 Å². The van der Waals surface area contributed by atoms with Crippen molar-refractivity contribution in [1.82, 2.24) is 0 Å². The van der Waals surface area contributed by atoms with Crippen LogP contribution >= 0.6 is 11.8 Å². The molecule has 0 spiro atoms. The number of carbonyl (C=O) groups is 1. The first-order valence-electron chi connectivity index (χ1n) is 5.98. The quantitative estimate of drug-likeness (QED) is 0.666. The van der Waals surface area contributed by atoms with Crippen LogP contribution < -0.4 is 5.73 Å². The molecule has 0 atom stereocenters. The van der Waals surface area contributed by atoms with Gasteiger partial charge in [-0.1, -0.05) is 6.07 Å². The van der Waals surface area contributed by atoms with Gasteiger partial charge in [-0.2, -0.15) is 0 Å². The number of nitrogens with two attached hydrogens (primary N) is 1. The van der Waals surface area contributed by atoms with Crippen LogP contribution in [0.15, 0.2) is 41.3 Å². The smallest absolute Gasteiger partial charge is 0.335 e. The number of nitrogen functional groups attached to an aromatic ring is 1. The molecule has 0 bridgehead atoms. The maximum Gasteiger partial charge on any atom is 0.335 e. The van der Waals surface area contributed by atoms with Crippen molar-refractivity contribution in [2.45, 2.75) is 17.6 Å². The van der Waals surface area contributed by atoms with Crippen LogP contribution in [0.2, 0.25) is 0 Å². The summed E-state index contributed by atoms with van der Waals surface area (Å²) in [4.78, 5) is 11.9. The van der Waals surface area contributed by atoms with Crippen LogP contribution in [0.5, 0.6) is 0 Å². The molecule has 2 aromatic carbocycles. The Morgan fingerprint density at radius 3 is 2.75 bits per heavy atom. The van der Waals surface area contributed by atoms with Crippen molar-refractivity contribution >= 4 is 23.4 Å². The minimum atomic E-state index is -1.06. The molecule has 5 heteroatoms. The summed E-state index contributed by atoms with van der Waals surface area (Å²) in [6, 6.07) is 9.36. The van der Waals surface area contributed by atoms with Gasteiger partial charge < -0.3 is 10.8 Å². The predicted octanol–water partition coefficient (Wildman–Crippen LogP) is 3.71.